The van der Waals surface area contributed by atoms with Gasteiger partial charge in [-0.1, -0.05) is 18.2 Å². The smallest absolute Gasteiger partial charge is 0.269 e. The van der Waals surface area contributed by atoms with Crippen molar-refractivity contribution in [3.8, 4) is 0 Å². The van der Waals surface area contributed by atoms with Crippen molar-refractivity contribution in [2.24, 2.45) is 0 Å². The van der Waals surface area contributed by atoms with Crippen LogP contribution in [0.3, 0.4) is 0 Å². The van der Waals surface area contributed by atoms with Crippen LogP contribution in [0.2, 0.25) is 0 Å². The Bertz CT molecular complexity index is 604. The lowest BCUT2D eigenvalue weighted by Gasteiger charge is -2.20. The van der Waals surface area contributed by atoms with E-state index < -0.39 is 11.7 Å². The van der Waals surface area contributed by atoms with Gasteiger partial charge < -0.3 is 0 Å². The fourth-order valence-corrected chi connectivity index (χ4v) is 2.25. The van der Waals surface area contributed by atoms with Gasteiger partial charge in [0.2, 0.25) is 0 Å². The lowest BCUT2D eigenvalue weighted by molar-refractivity contribution is 0.0772. The molecule has 2 aromatic carbocycles. The Morgan fingerprint density at radius 1 is 1.21 bits per heavy atom. The van der Waals surface area contributed by atoms with E-state index in [9.17, 15) is 9.18 Å². The second kappa shape index (κ2) is 6.12. The molecule has 1 amide bonds. The van der Waals surface area contributed by atoms with E-state index in [2.05, 4.69) is 22.6 Å². The number of halogens is 2. The molecule has 0 aliphatic rings. The van der Waals surface area contributed by atoms with E-state index in [0.717, 1.165) is 8.63 Å². The van der Waals surface area contributed by atoms with E-state index in [4.69, 9.17) is 4.84 Å². The fraction of sp³-hybridized carbons (Fsp3) is 0.0714. The number of anilines is 1. The molecule has 0 aliphatic carbocycles. The number of nitrogens with zero attached hydrogens (tertiary/aromatic N) is 1. The zero-order valence-corrected chi connectivity index (χ0v) is 12.3. The Morgan fingerprint density at radius 2 is 1.95 bits per heavy atom. The Balaban J connectivity index is 2.38. The number of hydrogen-bond acceptors (Lipinski definition) is 2. The Morgan fingerprint density at radius 3 is 2.58 bits per heavy atom. The molecule has 0 saturated heterocycles. The van der Waals surface area contributed by atoms with Crippen molar-refractivity contribution < 1.29 is 14.0 Å². The normalized spacial score (nSPS) is 10.3. The summed E-state index contributed by atoms with van der Waals surface area (Å²) in [6.45, 7) is 0. The first-order chi connectivity index (χ1) is 9.13. The molecule has 0 N–H and O–H groups in total. The molecule has 0 atom stereocenters. The van der Waals surface area contributed by atoms with Crippen LogP contribution in [0, 0.1) is 9.39 Å². The fourth-order valence-electron chi connectivity index (χ4n) is 1.65. The van der Waals surface area contributed by atoms with Crippen LogP contribution >= 0.6 is 22.6 Å². The average molecular weight is 371 g/mol. The van der Waals surface area contributed by atoms with Crippen LogP contribution in [0.5, 0.6) is 0 Å². The molecule has 2 aromatic rings. The number of rotatable bonds is 3. The van der Waals surface area contributed by atoms with Gasteiger partial charge in [-0.15, -0.1) is 0 Å². The van der Waals surface area contributed by atoms with Gasteiger partial charge in [0.15, 0.2) is 0 Å². The van der Waals surface area contributed by atoms with Crippen LogP contribution in [0.25, 0.3) is 0 Å². The van der Waals surface area contributed by atoms with Crippen LogP contribution in [0.15, 0.2) is 48.5 Å². The molecule has 3 nitrogen and oxygen atoms in total. The molecule has 19 heavy (non-hydrogen) atoms. The molecule has 5 heteroatoms. The third-order valence-corrected chi connectivity index (χ3v) is 3.42. The second-order valence-electron chi connectivity index (χ2n) is 3.74. The van der Waals surface area contributed by atoms with Crippen LogP contribution in [-0.4, -0.2) is 13.0 Å². The third kappa shape index (κ3) is 3.10. The average Bonchev–Trinajstić information content (AvgIpc) is 2.41. The standard InChI is InChI=1S/C14H11FINO2/c1-19-17(13-8-3-2-7-12(13)16)14(18)10-5-4-6-11(15)9-10/h2-9H,1H3. The molecule has 0 unspecified atom stereocenters. The van der Waals surface area contributed by atoms with Gasteiger partial charge in [-0.3, -0.25) is 9.63 Å². The number of para-hydroxylation sites is 1. The van der Waals surface area contributed by atoms with Crippen LogP contribution in [0.4, 0.5) is 10.1 Å². The van der Waals surface area contributed by atoms with E-state index in [1.807, 2.05) is 18.2 Å². The molecule has 0 radical (unpaired) electrons. The summed E-state index contributed by atoms with van der Waals surface area (Å²) >= 11 is 2.11. The van der Waals surface area contributed by atoms with E-state index in [1.165, 1.54) is 25.3 Å². The van der Waals surface area contributed by atoms with Crippen molar-refractivity contribution in [2.45, 2.75) is 0 Å². The highest BCUT2D eigenvalue weighted by atomic mass is 127. The molecule has 0 saturated carbocycles. The monoisotopic (exact) mass is 371 g/mol. The van der Waals surface area contributed by atoms with E-state index >= 15 is 0 Å². The van der Waals surface area contributed by atoms with Crippen molar-refractivity contribution in [3.05, 3.63) is 63.5 Å². The van der Waals surface area contributed by atoms with Crippen molar-refractivity contribution in [1.29, 1.82) is 0 Å². The van der Waals surface area contributed by atoms with Gasteiger partial charge in [-0.2, -0.15) is 5.06 Å². The number of benzene rings is 2. The summed E-state index contributed by atoms with van der Waals surface area (Å²) in [6.07, 6.45) is 0. The lowest BCUT2D eigenvalue weighted by Crippen LogP contribution is -2.30. The van der Waals surface area contributed by atoms with Crippen LogP contribution in [0.1, 0.15) is 10.4 Å². The van der Waals surface area contributed by atoms with Crippen molar-refractivity contribution >= 4 is 34.2 Å². The number of hydrogen-bond donors (Lipinski definition) is 0. The maximum absolute atomic E-state index is 13.2. The molecule has 2 rings (SSSR count). The summed E-state index contributed by atoms with van der Waals surface area (Å²) in [5, 5.41) is 1.15. The number of amides is 1. The summed E-state index contributed by atoms with van der Waals surface area (Å²) < 4.78 is 14.0. The van der Waals surface area contributed by atoms with Gasteiger partial charge >= 0.3 is 0 Å². The first-order valence-electron chi connectivity index (χ1n) is 5.52. The summed E-state index contributed by atoms with van der Waals surface area (Å²) in [6, 6.07) is 12.8. The second-order valence-corrected chi connectivity index (χ2v) is 4.91. The van der Waals surface area contributed by atoms with Gasteiger partial charge in [0, 0.05) is 9.13 Å². The van der Waals surface area contributed by atoms with Crippen molar-refractivity contribution in [2.75, 3.05) is 12.2 Å². The van der Waals surface area contributed by atoms with E-state index in [0.29, 0.717) is 5.69 Å². The molecule has 0 fully saturated rings. The van der Waals surface area contributed by atoms with Crippen LogP contribution < -0.4 is 5.06 Å². The Labute approximate surface area is 124 Å². The maximum Gasteiger partial charge on any atom is 0.282 e. The minimum absolute atomic E-state index is 0.238. The molecular weight excluding hydrogens is 360 g/mol. The van der Waals surface area contributed by atoms with E-state index in [1.54, 1.807) is 12.1 Å². The van der Waals surface area contributed by atoms with E-state index in [-0.39, 0.29) is 5.56 Å². The number of hydroxylamine groups is 1. The first kappa shape index (κ1) is 14.0. The molecule has 0 heterocycles. The Hall–Kier alpha value is -1.47. The SMILES string of the molecule is CON(C(=O)c1cccc(F)c1)c1ccccc1I. The topological polar surface area (TPSA) is 29.5 Å². The Kier molecular flexibility index (Phi) is 4.49. The van der Waals surface area contributed by atoms with Gasteiger partial charge in [0.1, 0.15) is 5.82 Å². The largest absolute Gasteiger partial charge is 0.282 e. The summed E-state index contributed by atoms with van der Waals surface area (Å²) in [4.78, 5) is 17.4. The highest BCUT2D eigenvalue weighted by Crippen LogP contribution is 2.24. The quantitative estimate of drug-likeness (QED) is 0.609. The highest BCUT2D eigenvalue weighted by Gasteiger charge is 2.19. The molecule has 0 bridgehead atoms. The maximum atomic E-state index is 13.2. The zero-order chi connectivity index (χ0) is 13.8. The minimum atomic E-state index is -0.454. The summed E-state index contributed by atoms with van der Waals surface area (Å²) in [5.41, 5.74) is 0.862. The summed E-state index contributed by atoms with van der Waals surface area (Å²) in [7, 11) is 1.40. The number of carbonyl (C=O) groups excluding carboxylic acids is 1. The molecule has 0 aliphatic heterocycles. The number of carbonyl (C=O) groups is 1. The van der Waals surface area contributed by atoms with Gasteiger partial charge in [-0.05, 0) is 52.9 Å². The highest BCUT2D eigenvalue weighted by molar-refractivity contribution is 14.1. The molecule has 98 valence electrons. The molecular formula is C14H11FINO2. The summed E-state index contributed by atoms with van der Waals surface area (Å²) in [5.74, 6) is -0.865. The molecule has 0 aromatic heterocycles. The predicted molar refractivity (Wildman–Crippen MR) is 79.4 cm³/mol. The van der Waals surface area contributed by atoms with Crippen LogP contribution in [-0.2, 0) is 4.84 Å². The van der Waals surface area contributed by atoms with Gasteiger partial charge in [0.25, 0.3) is 5.91 Å². The predicted octanol–water partition coefficient (Wildman–Crippen LogP) is 3.64. The van der Waals surface area contributed by atoms with Crippen molar-refractivity contribution in [3.63, 3.8) is 0 Å². The minimum Gasteiger partial charge on any atom is -0.269 e. The third-order valence-electron chi connectivity index (χ3n) is 2.51. The van der Waals surface area contributed by atoms with Gasteiger partial charge in [-0.25, -0.2) is 4.39 Å². The molecule has 0 spiro atoms. The lowest BCUT2D eigenvalue weighted by atomic mass is 10.2. The first-order valence-corrected chi connectivity index (χ1v) is 6.60. The zero-order valence-electron chi connectivity index (χ0n) is 10.1. The van der Waals surface area contributed by atoms with Gasteiger partial charge in [0.05, 0.1) is 12.8 Å². The van der Waals surface area contributed by atoms with Crippen molar-refractivity contribution in [1.82, 2.24) is 0 Å².